The molecule has 0 heterocycles. The van der Waals surface area contributed by atoms with Crippen LogP contribution in [-0.2, 0) is 19.6 Å². The van der Waals surface area contributed by atoms with Crippen molar-refractivity contribution in [2.45, 2.75) is 51.7 Å². The minimum Gasteiger partial charge on any atom is -0.326 e. The molecular formula is C22H28Cl2N2. The monoisotopic (exact) mass is 390 g/mol. The molecule has 2 nitrogen and oxygen atoms in total. The van der Waals surface area contributed by atoms with Gasteiger partial charge in [0.25, 0.3) is 0 Å². The molecule has 0 saturated heterocycles. The van der Waals surface area contributed by atoms with Gasteiger partial charge in [0.05, 0.1) is 10.0 Å². The third-order valence-electron chi connectivity index (χ3n) is 5.26. The van der Waals surface area contributed by atoms with E-state index in [0.29, 0.717) is 16.6 Å². The molecule has 0 atom stereocenters. The minimum absolute atomic E-state index is 0.587. The van der Waals surface area contributed by atoms with Gasteiger partial charge in [-0.2, -0.15) is 0 Å². The molecule has 1 fully saturated rings. The fraction of sp³-hybridized carbons (Fsp3) is 0.455. The highest BCUT2D eigenvalue weighted by molar-refractivity contribution is 6.42. The maximum absolute atomic E-state index is 6.22. The van der Waals surface area contributed by atoms with Gasteiger partial charge in [-0.05, 0) is 47.6 Å². The molecule has 2 aromatic carbocycles. The SMILES string of the molecule is NCc1cccc(CN(Cc2ccc(Cl)c(Cl)c2)CC2CCCCC2)c1. The van der Waals surface area contributed by atoms with E-state index >= 15 is 0 Å². The molecule has 0 aromatic heterocycles. The molecule has 1 aliphatic carbocycles. The van der Waals surface area contributed by atoms with Crippen molar-refractivity contribution in [2.75, 3.05) is 6.54 Å². The van der Waals surface area contributed by atoms with Crippen molar-refractivity contribution < 1.29 is 0 Å². The summed E-state index contributed by atoms with van der Waals surface area (Å²) in [4.78, 5) is 2.55. The van der Waals surface area contributed by atoms with Crippen LogP contribution in [0.2, 0.25) is 10.0 Å². The summed E-state index contributed by atoms with van der Waals surface area (Å²) in [6, 6.07) is 14.6. The zero-order valence-electron chi connectivity index (χ0n) is 15.3. The third-order valence-corrected chi connectivity index (χ3v) is 6.00. The standard InChI is InChI=1S/C22H28Cl2N2/c23-21-10-9-20(12-22(21)24)16-26(14-17-5-2-1-3-6-17)15-19-8-4-7-18(11-19)13-25/h4,7-12,17H,1-3,5-6,13-16,25H2. The van der Waals surface area contributed by atoms with E-state index in [-0.39, 0.29) is 0 Å². The highest BCUT2D eigenvalue weighted by Crippen LogP contribution is 2.27. The second-order valence-corrected chi connectivity index (χ2v) is 8.26. The van der Waals surface area contributed by atoms with E-state index in [0.717, 1.165) is 25.6 Å². The fourth-order valence-electron chi connectivity index (χ4n) is 3.93. The summed E-state index contributed by atoms with van der Waals surface area (Å²) < 4.78 is 0. The molecule has 1 saturated carbocycles. The quantitative estimate of drug-likeness (QED) is 0.624. The lowest BCUT2D eigenvalue weighted by molar-refractivity contribution is 0.187. The van der Waals surface area contributed by atoms with Crippen LogP contribution in [0.15, 0.2) is 42.5 Å². The Hall–Kier alpha value is -1.06. The van der Waals surface area contributed by atoms with E-state index < -0.39 is 0 Å². The third kappa shape index (κ3) is 5.72. The van der Waals surface area contributed by atoms with Gasteiger partial charge in [0.2, 0.25) is 0 Å². The molecular weight excluding hydrogens is 363 g/mol. The average molecular weight is 391 g/mol. The topological polar surface area (TPSA) is 29.3 Å². The van der Waals surface area contributed by atoms with Crippen LogP contribution in [0.25, 0.3) is 0 Å². The van der Waals surface area contributed by atoms with Crippen molar-refractivity contribution >= 4 is 23.2 Å². The van der Waals surface area contributed by atoms with Crippen LogP contribution in [0.1, 0.15) is 48.8 Å². The van der Waals surface area contributed by atoms with Crippen LogP contribution in [0.4, 0.5) is 0 Å². The number of nitrogens with two attached hydrogens (primary N) is 1. The summed E-state index contributed by atoms with van der Waals surface area (Å²) in [5.74, 6) is 0.796. The zero-order valence-corrected chi connectivity index (χ0v) is 16.8. The number of halogens is 2. The average Bonchev–Trinajstić information content (AvgIpc) is 2.66. The molecule has 0 bridgehead atoms. The Balaban J connectivity index is 1.74. The maximum Gasteiger partial charge on any atom is 0.0595 e. The first-order chi connectivity index (χ1) is 12.6. The Bertz CT molecular complexity index is 711. The summed E-state index contributed by atoms with van der Waals surface area (Å²) in [7, 11) is 0. The summed E-state index contributed by atoms with van der Waals surface area (Å²) in [6.45, 7) is 3.54. The van der Waals surface area contributed by atoms with Gasteiger partial charge in [-0.3, -0.25) is 4.90 Å². The smallest absolute Gasteiger partial charge is 0.0595 e. The number of hydrogen-bond donors (Lipinski definition) is 1. The van der Waals surface area contributed by atoms with Crippen molar-refractivity contribution in [1.82, 2.24) is 4.90 Å². The summed E-state index contributed by atoms with van der Waals surface area (Å²) in [5.41, 5.74) is 9.54. The van der Waals surface area contributed by atoms with Gasteiger partial charge in [0.1, 0.15) is 0 Å². The molecule has 0 spiro atoms. The number of benzene rings is 2. The molecule has 26 heavy (non-hydrogen) atoms. The lowest BCUT2D eigenvalue weighted by Crippen LogP contribution is -2.30. The second kappa shape index (κ2) is 9.75. The molecule has 1 aliphatic rings. The van der Waals surface area contributed by atoms with Crippen LogP contribution in [0.3, 0.4) is 0 Å². The number of nitrogens with zero attached hydrogens (tertiary/aromatic N) is 1. The van der Waals surface area contributed by atoms with Crippen LogP contribution < -0.4 is 5.73 Å². The fourth-order valence-corrected chi connectivity index (χ4v) is 4.25. The van der Waals surface area contributed by atoms with Gasteiger partial charge in [-0.25, -0.2) is 0 Å². The minimum atomic E-state index is 0.587. The van der Waals surface area contributed by atoms with Crippen molar-refractivity contribution in [2.24, 2.45) is 11.7 Å². The van der Waals surface area contributed by atoms with E-state index in [1.807, 2.05) is 12.1 Å². The molecule has 2 aromatic rings. The van der Waals surface area contributed by atoms with Gasteiger partial charge >= 0.3 is 0 Å². The van der Waals surface area contributed by atoms with Crippen LogP contribution in [0.5, 0.6) is 0 Å². The van der Waals surface area contributed by atoms with E-state index in [9.17, 15) is 0 Å². The van der Waals surface area contributed by atoms with Gasteiger partial charge in [0.15, 0.2) is 0 Å². The first-order valence-corrected chi connectivity index (χ1v) is 10.3. The van der Waals surface area contributed by atoms with E-state index in [2.05, 4.69) is 35.2 Å². The highest BCUT2D eigenvalue weighted by Gasteiger charge is 2.18. The van der Waals surface area contributed by atoms with Crippen LogP contribution in [-0.4, -0.2) is 11.4 Å². The molecule has 0 amide bonds. The summed E-state index contributed by atoms with van der Waals surface area (Å²) in [6.07, 6.45) is 6.82. The van der Waals surface area contributed by atoms with Crippen molar-refractivity contribution in [3.63, 3.8) is 0 Å². The lowest BCUT2D eigenvalue weighted by atomic mass is 9.88. The largest absolute Gasteiger partial charge is 0.326 e. The van der Waals surface area contributed by atoms with Gasteiger partial charge in [0, 0.05) is 26.2 Å². The summed E-state index contributed by atoms with van der Waals surface area (Å²) in [5, 5.41) is 1.25. The van der Waals surface area contributed by atoms with Crippen LogP contribution >= 0.6 is 23.2 Å². The van der Waals surface area contributed by atoms with Crippen molar-refractivity contribution in [1.29, 1.82) is 0 Å². The molecule has 3 rings (SSSR count). The lowest BCUT2D eigenvalue weighted by Gasteiger charge is -2.30. The normalized spacial score (nSPS) is 15.5. The molecule has 0 unspecified atom stereocenters. The molecule has 0 aliphatic heterocycles. The Morgan fingerprint density at radius 3 is 2.23 bits per heavy atom. The number of hydrogen-bond acceptors (Lipinski definition) is 2. The van der Waals surface area contributed by atoms with E-state index in [4.69, 9.17) is 28.9 Å². The molecule has 0 radical (unpaired) electrons. The van der Waals surface area contributed by atoms with E-state index in [1.165, 1.54) is 48.8 Å². The Morgan fingerprint density at radius 2 is 1.54 bits per heavy atom. The summed E-state index contributed by atoms with van der Waals surface area (Å²) >= 11 is 12.3. The van der Waals surface area contributed by atoms with Gasteiger partial charge < -0.3 is 5.73 Å². The number of rotatable bonds is 7. The van der Waals surface area contributed by atoms with Gasteiger partial charge in [-0.1, -0.05) is 72.8 Å². The Morgan fingerprint density at radius 1 is 0.846 bits per heavy atom. The molecule has 4 heteroatoms. The first kappa shape index (κ1) is 19.7. The highest BCUT2D eigenvalue weighted by atomic mass is 35.5. The first-order valence-electron chi connectivity index (χ1n) is 9.58. The molecule has 2 N–H and O–H groups in total. The van der Waals surface area contributed by atoms with Crippen LogP contribution in [0, 0.1) is 5.92 Å². The Kier molecular flexibility index (Phi) is 7.39. The predicted octanol–water partition coefficient (Wildman–Crippen LogP) is 6.03. The Labute approximate surface area is 167 Å². The predicted molar refractivity (Wildman–Crippen MR) is 111 cm³/mol. The maximum atomic E-state index is 6.22. The van der Waals surface area contributed by atoms with Gasteiger partial charge in [-0.15, -0.1) is 0 Å². The van der Waals surface area contributed by atoms with Crippen molar-refractivity contribution in [3.05, 3.63) is 69.2 Å². The van der Waals surface area contributed by atoms with E-state index in [1.54, 1.807) is 0 Å². The second-order valence-electron chi connectivity index (χ2n) is 7.45. The molecule has 140 valence electrons. The van der Waals surface area contributed by atoms with Crippen molar-refractivity contribution in [3.8, 4) is 0 Å². The zero-order chi connectivity index (χ0) is 18.4.